The van der Waals surface area contributed by atoms with Crippen LogP contribution in [0.2, 0.25) is 0 Å². The Morgan fingerprint density at radius 3 is 2.56 bits per heavy atom. The van der Waals surface area contributed by atoms with Crippen LogP contribution in [0.5, 0.6) is 0 Å². The summed E-state index contributed by atoms with van der Waals surface area (Å²) in [5.74, 6) is 2.03. The van der Waals surface area contributed by atoms with Crippen LogP contribution in [-0.2, 0) is 14.3 Å². The molecule has 4 atom stereocenters. The molecule has 1 heterocycles. The van der Waals surface area contributed by atoms with Gasteiger partial charge in [-0.1, -0.05) is 6.42 Å². The molecule has 1 amide bonds. The Hall–Kier alpha value is -0.610. The van der Waals surface area contributed by atoms with Gasteiger partial charge in [0.25, 0.3) is 0 Å². The fraction of sp³-hybridized carbons (Fsp3) is 0.895. The van der Waals surface area contributed by atoms with Gasteiger partial charge in [0.2, 0.25) is 5.91 Å². The van der Waals surface area contributed by atoms with Gasteiger partial charge in [-0.3, -0.25) is 4.79 Å². The number of amides is 1. The molecular formula is C19H33IN4O3. The molecular weight excluding hydrogens is 459 g/mol. The van der Waals surface area contributed by atoms with E-state index in [1.807, 2.05) is 0 Å². The van der Waals surface area contributed by atoms with Crippen LogP contribution < -0.4 is 10.6 Å². The van der Waals surface area contributed by atoms with Gasteiger partial charge >= 0.3 is 0 Å². The van der Waals surface area contributed by atoms with Crippen LogP contribution in [0, 0.1) is 11.8 Å². The summed E-state index contributed by atoms with van der Waals surface area (Å²) in [7, 11) is 3.54. The molecule has 4 unspecified atom stereocenters. The van der Waals surface area contributed by atoms with E-state index in [0.29, 0.717) is 19.3 Å². The minimum absolute atomic E-state index is 0. The zero-order valence-electron chi connectivity index (χ0n) is 16.4. The SMILES string of the molecule is CN(C)C(=O)CN=C(NC1CCC2(C1)OCCO2)NC1CC2CCC1C2.I. The van der Waals surface area contributed by atoms with Gasteiger partial charge < -0.3 is 25.0 Å². The predicted octanol–water partition coefficient (Wildman–Crippen LogP) is 1.71. The molecule has 1 saturated heterocycles. The molecule has 27 heavy (non-hydrogen) atoms. The van der Waals surface area contributed by atoms with Crippen LogP contribution in [0.1, 0.15) is 44.9 Å². The lowest BCUT2D eigenvalue weighted by molar-refractivity contribution is -0.151. The molecule has 0 aromatic carbocycles. The summed E-state index contributed by atoms with van der Waals surface area (Å²) in [5.41, 5.74) is 0. The Balaban J connectivity index is 0.00000210. The third-order valence-corrected chi connectivity index (χ3v) is 6.52. The van der Waals surface area contributed by atoms with Gasteiger partial charge in [0, 0.05) is 39.0 Å². The molecule has 154 valence electrons. The summed E-state index contributed by atoms with van der Waals surface area (Å²) in [6, 6.07) is 0.760. The molecule has 4 rings (SSSR count). The van der Waals surface area contributed by atoms with Crippen molar-refractivity contribution < 1.29 is 14.3 Å². The fourth-order valence-corrected chi connectivity index (χ4v) is 5.07. The van der Waals surface area contributed by atoms with E-state index in [0.717, 1.165) is 37.1 Å². The Kier molecular flexibility index (Phi) is 6.89. The van der Waals surface area contributed by atoms with Gasteiger partial charge in [0.15, 0.2) is 11.7 Å². The Labute approximate surface area is 179 Å². The number of nitrogens with one attached hydrogen (secondary N) is 2. The topological polar surface area (TPSA) is 75.2 Å². The fourth-order valence-electron chi connectivity index (χ4n) is 5.07. The molecule has 8 heteroatoms. The molecule has 4 fully saturated rings. The van der Waals surface area contributed by atoms with Gasteiger partial charge in [-0.25, -0.2) is 4.99 Å². The summed E-state index contributed by atoms with van der Waals surface area (Å²) in [6.45, 7) is 1.55. The van der Waals surface area contributed by atoms with Gasteiger partial charge in [-0.15, -0.1) is 24.0 Å². The second-order valence-electron chi connectivity index (χ2n) is 8.57. The Morgan fingerprint density at radius 1 is 1.15 bits per heavy atom. The third kappa shape index (κ3) is 4.87. The molecule has 3 saturated carbocycles. The number of likely N-dealkylation sites (N-methyl/N-ethyl adjacent to an activating group) is 1. The van der Waals surface area contributed by atoms with E-state index in [2.05, 4.69) is 15.6 Å². The maximum Gasteiger partial charge on any atom is 0.243 e. The monoisotopic (exact) mass is 492 g/mol. The highest BCUT2D eigenvalue weighted by molar-refractivity contribution is 14.0. The second kappa shape index (κ2) is 8.82. The molecule has 1 spiro atoms. The highest BCUT2D eigenvalue weighted by Gasteiger charge is 2.45. The Bertz CT molecular complexity index is 565. The number of hydrogen-bond acceptors (Lipinski definition) is 4. The van der Waals surface area contributed by atoms with Gasteiger partial charge in [0.1, 0.15) is 6.54 Å². The van der Waals surface area contributed by atoms with Gasteiger partial charge in [0.05, 0.1) is 13.2 Å². The van der Waals surface area contributed by atoms with Crippen molar-refractivity contribution in [2.24, 2.45) is 16.8 Å². The predicted molar refractivity (Wildman–Crippen MR) is 114 cm³/mol. The third-order valence-electron chi connectivity index (χ3n) is 6.52. The van der Waals surface area contributed by atoms with Gasteiger partial charge in [-0.2, -0.15) is 0 Å². The van der Waals surface area contributed by atoms with Crippen molar-refractivity contribution in [1.82, 2.24) is 15.5 Å². The molecule has 2 N–H and O–H groups in total. The number of guanidine groups is 1. The average Bonchev–Trinajstić information content (AvgIpc) is 3.39. The zero-order chi connectivity index (χ0) is 18.1. The van der Waals surface area contributed by atoms with E-state index in [1.54, 1.807) is 19.0 Å². The number of nitrogens with zero attached hydrogens (tertiary/aromatic N) is 2. The van der Waals surface area contributed by atoms with Crippen LogP contribution in [0.4, 0.5) is 0 Å². The first kappa shape index (κ1) is 21.1. The summed E-state index contributed by atoms with van der Waals surface area (Å²) in [6.07, 6.45) is 8.03. The maximum atomic E-state index is 12.0. The van der Waals surface area contributed by atoms with E-state index in [-0.39, 0.29) is 42.5 Å². The molecule has 0 aromatic rings. The normalized spacial score (nSPS) is 33.9. The average molecular weight is 492 g/mol. The van der Waals surface area contributed by atoms with Crippen molar-refractivity contribution in [3.8, 4) is 0 Å². The molecule has 7 nitrogen and oxygen atoms in total. The van der Waals surface area contributed by atoms with Crippen LogP contribution in [-0.4, -0.2) is 68.5 Å². The summed E-state index contributed by atoms with van der Waals surface area (Å²) in [5, 5.41) is 7.19. The smallest absolute Gasteiger partial charge is 0.243 e. The summed E-state index contributed by atoms with van der Waals surface area (Å²) in [4.78, 5) is 18.2. The van der Waals surface area contributed by atoms with Crippen molar-refractivity contribution in [1.29, 1.82) is 0 Å². The van der Waals surface area contributed by atoms with E-state index < -0.39 is 5.79 Å². The standard InChI is InChI=1S/C19H32N4O3.HI/c1-23(2)17(24)12-20-18(22-16-10-13-3-4-14(16)9-13)21-15-5-6-19(11-15)25-7-8-26-19;/h13-16H,3-12H2,1-2H3,(H2,20,21,22);1H. The first-order valence-corrected chi connectivity index (χ1v) is 10.1. The van der Waals surface area contributed by atoms with E-state index in [1.165, 1.54) is 25.7 Å². The number of halogens is 1. The number of carbonyl (C=O) groups excluding carboxylic acids is 1. The van der Waals surface area contributed by atoms with Crippen LogP contribution >= 0.6 is 24.0 Å². The number of rotatable bonds is 4. The van der Waals surface area contributed by atoms with Crippen molar-refractivity contribution in [3.05, 3.63) is 0 Å². The van der Waals surface area contributed by atoms with Crippen molar-refractivity contribution in [2.45, 2.75) is 62.8 Å². The van der Waals surface area contributed by atoms with Crippen molar-refractivity contribution >= 4 is 35.8 Å². The number of ether oxygens (including phenoxy) is 2. The van der Waals surface area contributed by atoms with Crippen molar-refractivity contribution in [3.63, 3.8) is 0 Å². The first-order valence-electron chi connectivity index (χ1n) is 10.1. The molecule has 0 radical (unpaired) electrons. The second-order valence-corrected chi connectivity index (χ2v) is 8.57. The van der Waals surface area contributed by atoms with E-state index in [4.69, 9.17) is 9.47 Å². The molecule has 1 aliphatic heterocycles. The number of aliphatic imine (C=N–C) groups is 1. The van der Waals surface area contributed by atoms with Crippen LogP contribution in [0.25, 0.3) is 0 Å². The quantitative estimate of drug-likeness (QED) is 0.355. The molecule has 4 aliphatic rings. The van der Waals surface area contributed by atoms with Crippen molar-refractivity contribution in [2.75, 3.05) is 33.9 Å². The summed E-state index contributed by atoms with van der Waals surface area (Å²) >= 11 is 0. The first-order chi connectivity index (χ1) is 12.5. The summed E-state index contributed by atoms with van der Waals surface area (Å²) < 4.78 is 11.7. The highest BCUT2D eigenvalue weighted by atomic mass is 127. The molecule has 3 aliphatic carbocycles. The lowest BCUT2D eigenvalue weighted by Gasteiger charge is -2.27. The minimum Gasteiger partial charge on any atom is -0.353 e. The minimum atomic E-state index is -0.394. The van der Waals surface area contributed by atoms with Crippen LogP contribution in [0.15, 0.2) is 4.99 Å². The highest BCUT2D eigenvalue weighted by Crippen LogP contribution is 2.44. The Morgan fingerprint density at radius 2 is 1.93 bits per heavy atom. The van der Waals surface area contributed by atoms with E-state index >= 15 is 0 Å². The number of hydrogen-bond donors (Lipinski definition) is 2. The van der Waals surface area contributed by atoms with E-state index in [9.17, 15) is 4.79 Å². The van der Waals surface area contributed by atoms with Gasteiger partial charge in [-0.05, 0) is 37.5 Å². The number of fused-ring (bicyclic) bond motifs is 2. The van der Waals surface area contributed by atoms with Crippen LogP contribution in [0.3, 0.4) is 0 Å². The maximum absolute atomic E-state index is 12.0. The lowest BCUT2D eigenvalue weighted by atomic mass is 9.95. The molecule has 0 aromatic heterocycles. The lowest BCUT2D eigenvalue weighted by Crippen LogP contribution is -2.49. The zero-order valence-corrected chi connectivity index (χ0v) is 18.7. The largest absolute Gasteiger partial charge is 0.353 e. The number of carbonyl (C=O) groups is 1. The molecule has 2 bridgehead atoms.